The van der Waals surface area contributed by atoms with Crippen molar-refractivity contribution in [3.8, 4) is 0 Å². The van der Waals surface area contributed by atoms with Crippen molar-refractivity contribution in [3.05, 3.63) is 0 Å². The second-order valence-corrected chi connectivity index (χ2v) is 7.97. The Kier molecular flexibility index (Phi) is 20.6. The second-order valence-electron chi connectivity index (χ2n) is 7.97. The van der Waals surface area contributed by atoms with E-state index in [4.69, 9.17) is 0 Å². The molecule has 0 fully saturated rings. The number of hydrogen-bond acceptors (Lipinski definition) is 3. The summed E-state index contributed by atoms with van der Waals surface area (Å²) in [5.74, 6) is 0.292. The van der Waals surface area contributed by atoms with E-state index in [1.54, 1.807) is 6.92 Å². The van der Waals surface area contributed by atoms with E-state index >= 15 is 0 Å². The number of nitrogens with zero attached hydrogens (tertiary/aromatic N) is 1. The lowest BCUT2D eigenvalue weighted by Gasteiger charge is -2.21. The summed E-state index contributed by atoms with van der Waals surface area (Å²) in [6, 6.07) is 0. The third-order valence-electron chi connectivity index (χ3n) is 5.09. The minimum Gasteiger partial charge on any atom is -0.315 e. The van der Waals surface area contributed by atoms with Crippen LogP contribution in [-0.2, 0) is 4.79 Å². The van der Waals surface area contributed by atoms with E-state index in [0.29, 0.717) is 12.3 Å². The molecule has 0 amide bonds. The number of carbonyl (C=O) groups excluding carboxylic acids is 1. The summed E-state index contributed by atoms with van der Waals surface area (Å²) >= 11 is 0. The molecule has 0 aromatic heterocycles. The maximum Gasteiger partial charge on any atom is 0.143 e. The number of carbonyl (C=O) groups is 1. The molecule has 0 spiro atoms. The first-order valence-electron chi connectivity index (χ1n) is 11.6. The van der Waals surface area contributed by atoms with Gasteiger partial charge in [0.1, 0.15) is 5.78 Å². The van der Waals surface area contributed by atoms with E-state index in [-0.39, 0.29) is 0 Å². The second kappa shape index (κ2) is 20.9. The van der Waals surface area contributed by atoms with Gasteiger partial charge in [-0.25, -0.2) is 0 Å². The normalized spacial score (nSPS) is 11.4. The first-order valence-corrected chi connectivity index (χ1v) is 11.6. The Balaban J connectivity index is 3.57. The monoisotopic (exact) mass is 368 g/mol. The quantitative estimate of drug-likeness (QED) is 0.253. The molecule has 0 saturated heterocycles. The van der Waals surface area contributed by atoms with Crippen LogP contribution in [0.4, 0.5) is 0 Å². The van der Waals surface area contributed by atoms with Gasteiger partial charge in [0.05, 0.1) is 6.54 Å². The van der Waals surface area contributed by atoms with Gasteiger partial charge in [0.25, 0.3) is 0 Å². The van der Waals surface area contributed by atoms with Gasteiger partial charge in [-0.2, -0.15) is 0 Å². The van der Waals surface area contributed by atoms with Crippen LogP contribution in [0.25, 0.3) is 0 Å². The zero-order valence-electron chi connectivity index (χ0n) is 18.3. The van der Waals surface area contributed by atoms with Gasteiger partial charge in [-0.1, -0.05) is 90.9 Å². The number of unbranched alkanes of at least 4 members (excludes halogenated alkanes) is 12. The van der Waals surface area contributed by atoms with Gasteiger partial charge in [-0.3, -0.25) is 9.69 Å². The summed E-state index contributed by atoms with van der Waals surface area (Å²) in [6.45, 7) is 11.1. The lowest BCUT2D eigenvalue weighted by Crippen LogP contribution is -2.36. The van der Waals surface area contributed by atoms with Crippen molar-refractivity contribution >= 4 is 5.78 Å². The molecule has 0 aromatic rings. The molecule has 3 heteroatoms. The molecule has 156 valence electrons. The summed E-state index contributed by atoms with van der Waals surface area (Å²) in [4.78, 5) is 13.8. The van der Waals surface area contributed by atoms with Crippen LogP contribution in [0.15, 0.2) is 0 Å². The fraction of sp³-hybridized carbons (Fsp3) is 0.957. The molecule has 0 radical (unpaired) electrons. The Morgan fingerprint density at radius 2 is 1.15 bits per heavy atom. The van der Waals surface area contributed by atoms with Gasteiger partial charge in [0.15, 0.2) is 0 Å². The number of hydrogen-bond donors (Lipinski definition) is 1. The molecule has 1 N–H and O–H groups in total. The molecule has 26 heavy (non-hydrogen) atoms. The Bertz CT molecular complexity index is 294. The summed E-state index contributed by atoms with van der Waals surface area (Å²) in [6.07, 6.45) is 18.9. The third kappa shape index (κ3) is 19.9. The molecule has 0 saturated carbocycles. The molecule has 3 nitrogen and oxygen atoms in total. The van der Waals surface area contributed by atoms with E-state index in [0.717, 1.165) is 26.2 Å². The van der Waals surface area contributed by atoms with Gasteiger partial charge in [-0.05, 0) is 32.9 Å². The predicted octanol–water partition coefficient (Wildman–Crippen LogP) is 5.97. The van der Waals surface area contributed by atoms with Gasteiger partial charge >= 0.3 is 0 Å². The number of Topliss-reactive ketones (excluding diaryl/α,β-unsaturated/α-hetero) is 1. The molecule has 0 bridgehead atoms. The van der Waals surface area contributed by atoms with E-state index in [1.807, 2.05) is 0 Å². The van der Waals surface area contributed by atoms with Gasteiger partial charge in [-0.15, -0.1) is 0 Å². The smallest absolute Gasteiger partial charge is 0.143 e. The van der Waals surface area contributed by atoms with Crippen LogP contribution in [0, 0.1) is 0 Å². The summed E-state index contributed by atoms with van der Waals surface area (Å²) in [5.41, 5.74) is 0. The highest BCUT2D eigenvalue weighted by atomic mass is 16.1. The number of rotatable bonds is 21. The molecule has 0 unspecified atom stereocenters. The molecule has 0 aromatic carbocycles. The molecule has 0 rings (SSSR count). The third-order valence-corrected chi connectivity index (χ3v) is 5.09. The van der Waals surface area contributed by atoms with Crippen LogP contribution < -0.4 is 5.32 Å². The van der Waals surface area contributed by atoms with E-state index in [1.165, 1.54) is 89.9 Å². The van der Waals surface area contributed by atoms with E-state index in [9.17, 15) is 4.79 Å². The average Bonchev–Trinajstić information content (AvgIpc) is 2.61. The highest BCUT2D eigenvalue weighted by molar-refractivity contribution is 5.77. The summed E-state index contributed by atoms with van der Waals surface area (Å²) in [5, 5.41) is 3.56. The Morgan fingerprint density at radius 1 is 0.654 bits per heavy atom. The molecule has 0 aliphatic rings. The van der Waals surface area contributed by atoms with E-state index < -0.39 is 0 Å². The standard InChI is InChI=1S/C23H48N2O/c1-4-6-8-10-12-14-16-18-24-19-21-25(22-23(3)26)20-17-15-13-11-9-7-5-2/h24H,4-22H2,1-3H3. The van der Waals surface area contributed by atoms with Crippen LogP contribution in [0.5, 0.6) is 0 Å². The van der Waals surface area contributed by atoms with Gasteiger partial charge in [0.2, 0.25) is 0 Å². The Hall–Kier alpha value is -0.410. The highest BCUT2D eigenvalue weighted by Crippen LogP contribution is 2.08. The number of nitrogens with one attached hydrogen (secondary N) is 1. The van der Waals surface area contributed by atoms with Crippen molar-refractivity contribution in [2.45, 2.75) is 111 Å². The molecule has 0 aliphatic heterocycles. The molecule has 0 heterocycles. The zero-order valence-corrected chi connectivity index (χ0v) is 18.3. The molecular formula is C23H48N2O. The molecular weight excluding hydrogens is 320 g/mol. The first-order chi connectivity index (χ1) is 12.7. The highest BCUT2D eigenvalue weighted by Gasteiger charge is 2.07. The van der Waals surface area contributed by atoms with Gasteiger partial charge in [0, 0.05) is 13.1 Å². The molecule has 0 atom stereocenters. The van der Waals surface area contributed by atoms with Crippen molar-refractivity contribution in [1.82, 2.24) is 10.2 Å². The molecule has 0 aliphatic carbocycles. The largest absolute Gasteiger partial charge is 0.315 e. The maximum absolute atomic E-state index is 11.5. The van der Waals surface area contributed by atoms with Crippen molar-refractivity contribution in [2.24, 2.45) is 0 Å². The minimum absolute atomic E-state index is 0.292. The van der Waals surface area contributed by atoms with Crippen LogP contribution in [0.3, 0.4) is 0 Å². The minimum atomic E-state index is 0.292. The van der Waals surface area contributed by atoms with Crippen molar-refractivity contribution in [3.63, 3.8) is 0 Å². The Labute approximate surface area is 164 Å². The van der Waals surface area contributed by atoms with Crippen molar-refractivity contribution in [1.29, 1.82) is 0 Å². The van der Waals surface area contributed by atoms with Crippen molar-refractivity contribution in [2.75, 3.05) is 32.7 Å². The lowest BCUT2D eigenvalue weighted by atomic mass is 10.1. The van der Waals surface area contributed by atoms with Crippen molar-refractivity contribution < 1.29 is 4.79 Å². The topological polar surface area (TPSA) is 32.3 Å². The fourth-order valence-electron chi connectivity index (χ4n) is 3.45. The van der Waals surface area contributed by atoms with Crippen LogP contribution >= 0.6 is 0 Å². The van der Waals surface area contributed by atoms with Crippen LogP contribution in [0.2, 0.25) is 0 Å². The SMILES string of the molecule is CCCCCCCCCNCCN(CCCCCCCCC)CC(C)=O. The number of ketones is 1. The lowest BCUT2D eigenvalue weighted by molar-refractivity contribution is -0.118. The Morgan fingerprint density at radius 3 is 1.69 bits per heavy atom. The van der Waals surface area contributed by atoms with Crippen LogP contribution in [-0.4, -0.2) is 43.4 Å². The first kappa shape index (κ1) is 25.6. The summed E-state index contributed by atoms with van der Waals surface area (Å²) in [7, 11) is 0. The predicted molar refractivity (Wildman–Crippen MR) is 116 cm³/mol. The zero-order chi connectivity index (χ0) is 19.3. The van der Waals surface area contributed by atoms with Crippen LogP contribution in [0.1, 0.15) is 111 Å². The van der Waals surface area contributed by atoms with E-state index in [2.05, 4.69) is 24.1 Å². The van der Waals surface area contributed by atoms with Gasteiger partial charge < -0.3 is 5.32 Å². The fourth-order valence-corrected chi connectivity index (χ4v) is 3.45. The summed E-state index contributed by atoms with van der Waals surface area (Å²) < 4.78 is 0. The average molecular weight is 369 g/mol. The maximum atomic E-state index is 11.5.